The van der Waals surface area contributed by atoms with Crippen LogP contribution in [0.1, 0.15) is 0 Å². The topological polar surface area (TPSA) is 43.1 Å². The first-order valence-corrected chi connectivity index (χ1v) is 4.76. The van der Waals surface area contributed by atoms with Crippen molar-refractivity contribution in [3.05, 3.63) is 48.7 Å². The Bertz CT molecular complexity index is 630. The fourth-order valence-electron chi connectivity index (χ4n) is 1.57. The Morgan fingerprint density at radius 2 is 2.06 bits per heavy atom. The van der Waals surface area contributed by atoms with E-state index in [4.69, 9.17) is 0 Å². The van der Waals surface area contributed by atoms with Gasteiger partial charge in [0.1, 0.15) is 5.69 Å². The Morgan fingerprint density at radius 3 is 2.88 bits per heavy atom. The quantitative estimate of drug-likeness (QED) is 0.581. The number of aromatic nitrogens is 4. The summed E-state index contributed by atoms with van der Waals surface area (Å²) >= 11 is 0. The van der Waals surface area contributed by atoms with E-state index < -0.39 is 5.95 Å². The van der Waals surface area contributed by atoms with Gasteiger partial charge >= 0.3 is 0 Å². The second-order valence-electron chi connectivity index (χ2n) is 3.34. The lowest BCUT2D eigenvalue weighted by molar-refractivity contribution is 0.584. The molecule has 0 bridgehead atoms. The van der Waals surface area contributed by atoms with E-state index in [1.165, 1.54) is 12.3 Å². The number of hydrogen-bond donors (Lipinski definition) is 0. The van der Waals surface area contributed by atoms with Crippen molar-refractivity contribution in [3.8, 4) is 11.3 Å². The summed E-state index contributed by atoms with van der Waals surface area (Å²) in [6, 6.07) is 8.62. The van der Waals surface area contributed by atoms with Crippen molar-refractivity contribution in [3.63, 3.8) is 0 Å². The second kappa shape index (κ2) is 3.37. The monoisotopic (exact) mass is 214 g/mol. The van der Waals surface area contributed by atoms with Gasteiger partial charge in [-0.1, -0.05) is 11.3 Å². The smallest absolute Gasteiger partial charge is 0.212 e. The van der Waals surface area contributed by atoms with Crippen LogP contribution in [-0.2, 0) is 0 Å². The highest BCUT2D eigenvalue weighted by atomic mass is 19.1. The first-order valence-electron chi connectivity index (χ1n) is 4.76. The van der Waals surface area contributed by atoms with Crippen molar-refractivity contribution in [1.82, 2.24) is 19.8 Å². The van der Waals surface area contributed by atoms with Crippen LogP contribution in [0.3, 0.4) is 0 Å². The molecule has 5 heteroatoms. The van der Waals surface area contributed by atoms with Crippen LogP contribution in [0.4, 0.5) is 4.39 Å². The Morgan fingerprint density at radius 1 is 1.12 bits per heavy atom. The number of pyridine rings is 2. The van der Waals surface area contributed by atoms with Crippen molar-refractivity contribution in [1.29, 1.82) is 0 Å². The van der Waals surface area contributed by atoms with Gasteiger partial charge in [0.15, 0.2) is 0 Å². The summed E-state index contributed by atoms with van der Waals surface area (Å²) < 4.78 is 14.4. The zero-order valence-corrected chi connectivity index (χ0v) is 8.21. The van der Waals surface area contributed by atoms with Gasteiger partial charge in [-0.2, -0.15) is 4.39 Å². The van der Waals surface area contributed by atoms with E-state index in [9.17, 15) is 4.39 Å². The second-order valence-corrected chi connectivity index (χ2v) is 3.34. The standard InChI is InChI=1S/C11H7FN4/c12-10-5-4-8(7-13-10)11-9-3-1-2-6-16(9)15-14-11/h1-7H. The van der Waals surface area contributed by atoms with E-state index in [1.807, 2.05) is 24.4 Å². The van der Waals surface area contributed by atoms with Crippen LogP contribution in [0.25, 0.3) is 16.8 Å². The Kier molecular flexibility index (Phi) is 1.89. The molecular weight excluding hydrogens is 207 g/mol. The van der Waals surface area contributed by atoms with E-state index in [0.29, 0.717) is 5.69 Å². The molecule has 0 atom stereocenters. The maximum Gasteiger partial charge on any atom is 0.212 e. The van der Waals surface area contributed by atoms with Gasteiger partial charge in [-0.15, -0.1) is 5.10 Å². The van der Waals surface area contributed by atoms with E-state index in [0.717, 1.165) is 11.1 Å². The van der Waals surface area contributed by atoms with Gasteiger partial charge in [0.05, 0.1) is 5.52 Å². The number of halogens is 1. The maximum atomic E-state index is 12.7. The first-order chi connectivity index (χ1) is 7.84. The van der Waals surface area contributed by atoms with Crippen LogP contribution in [0.5, 0.6) is 0 Å². The summed E-state index contributed by atoms with van der Waals surface area (Å²) in [5, 5.41) is 8.01. The lowest BCUT2D eigenvalue weighted by Crippen LogP contribution is -1.85. The Hall–Kier alpha value is -2.30. The van der Waals surface area contributed by atoms with Crippen LogP contribution in [0, 0.1) is 5.95 Å². The molecule has 3 rings (SSSR count). The average Bonchev–Trinajstić information content (AvgIpc) is 2.74. The molecule has 0 aliphatic rings. The fourth-order valence-corrected chi connectivity index (χ4v) is 1.57. The summed E-state index contributed by atoms with van der Waals surface area (Å²) in [6.45, 7) is 0. The van der Waals surface area contributed by atoms with Gasteiger partial charge in [0, 0.05) is 18.0 Å². The first kappa shape index (κ1) is 8.96. The minimum Gasteiger partial charge on any atom is -0.228 e. The van der Waals surface area contributed by atoms with Crippen LogP contribution in [-0.4, -0.2) is 19.8 Å². The summed E-state index contributed by atoms with van der Waals surface area (Å²) in [6.07, 6.45) is 3.26. The SMILES string of the molecule is Fc1ccc(-c2nnn3ccccc23)cn1. The van der Waals surface area contributed by atoms with Gasteiger partial charge in [-0.3, -0.25) is 0 Å². The van der Waals surface area contributed by atoms with Crippen LogP contribution >= 0.6 is 0 Å². The molecule has 0 radical (unpaired) electrons. The van der Waals surface area contributed by atoms with E-state index in [-0.39, 0.29) is 0 Å². The molecular formula is C11H7FN4. The summed E-state index contributed by atoms with van der Waals surface area (Å²) in [5.41, 5.74) is 2.33. The summed E-state index contributed by atoms with van der Waals surface area (Å²) in [4.78, 5) is 3.60. The number of fused-ring (bicyclic) bond motifs is 1. The van der Waals surface area contributed by atoms with Gasteiger partial charge in [-0.25, -0.2) is 9.50 Å². The molecule has 0 unspecified atom stereocenters. The fraction of sp³-hybridized carbons (Fsp3) is 0. The molecule has 16 heavy (non-hydrogen) atoms. The highest BCUT2D eigenvalue weighted by Gasteiger charge is 2.07. The molecule has 0 aliphatic carbocycles. The van der Waals surface area contributed by atoms with Crippen LogP contribution in [0.15, 0.2) is 42.7 Å². The average molecular weight is 214 g/mol. The Balaban J connectivity index is 2.22. The molecule has 0 spiro atoms. The van der Waals surface area contributed by atoms with E-state index in [2.05, 4.69) is 15.3 Å². The normalized spacial score (nSPS) is 10.8. The number of hydrogen-bond acceptors (Lipinski definition) is 3. The largest absolute Gasteiger partial charge is 0.228 e. The summed E-state index contributed by atoms with van der Waals surface area (Å²) in [7, 11) is 0. The van der Waals surface area contributed by atoms with Crippen molar-refractivity contribution >= 4 is 5.52 Å². The lowest BCUT2D eigenvalue weighted by Gasteiger charge is -1.96. The number of nitrogens with zero attached hydrogens (tertiary/aromatic N) is 4. The minimum absolute atomic E-state index is 0.500. The third-order valence-corrected chi connectivity index (χ3v) is 2.32. The van der Waals surface area contributed by atoms with E-state index in [1.54, 1.807) is 10.6 Å². The van der Waals surface area contributed by atoms with Gasteiger partial charge in [0.25, 0.3) is 0 Å². The maximum absolute atomic E-state index is 12.7. The van der Waals surface area contributed by atoms with Crippen LogP contribution < -0.4 is 0 Å². The minimum atomic E-state index is -0.500. The third-order valence-electron chi connectivity index (χ3n) is 2.32. The molecule has 0 aliphatic heterocycles. The predicted molar refractivity (Wildman–Crippen MR) is 56.2 cm³/mol. The molecule has 0 amide bonds. The molecule has 0 saturated heterocycles. The van der Waals surface area contributed by atoms with E-state index >= 15 is 0 Å². The van der Waals surface area contributed by atoms with Crippen molar-refractivity contribution < 1.29 is 4.39 Å². The molecule has 0 fully saturated rings. The molecule has 0 aromatic carbocycles. The zero-order chi connectivity index (χ0) is 11.0. The van der Waals surface area contributed by atoms with Crippen molar-refractivity contribution in [2.45, 2.75) is 0 Å². The van der Waals surface area contributed by atoms with Crippen molar-refractivity contribution in [2.75, 3.05) is 0 Å². The molecule has 3 heterocycles. The molecule has 0 N–H and O–H groups in total. The zero-order valence-electron chi connectivity index (χ0n) is 8.21. The van der Waals surface area contributed by atoms with Gasteiger partial charge in [-0.05, 0) is 24.3 Å². The molecule has 3 aromatic rings. The predicted octanol–water partition coefficient (Wildman–Crippen LogP) is 1.93. The van der Waals surface area contributed by atoms with Crippen molar-refractivity contribution in [2.24, 2.45) is 0 Å². The Labute approximate surface area is 90.4 Å². The molecule has 4 nitrogen and oxygen atoms in total. The van der Waals surface area contributed by atoms with Gasteiger partial charge < -0.3 is 0 Å². The van der Waals surface area contributed by atoms with Gasteiger partial charge in [0.2, 0.25) is 5.95 Å². The molecule has 3 aromatic heterocycles. The number of rotatable bonds is 1. The third kappa shape index (κ3) is 1.33. The highest BCUT2D eigenvalue weighted by molar-refractivity contribution is 5.75. The summed E-state index contributed by atoms with van der Waals surface area (Å²) in [5.74, 6) is -0.500. The molecule has 0 saturated carbocycles. The highest BCUT2D eigenvalue weighted by Crippen LogP contribution is 2.20. The lowest BCUT2D eigenvalue weighted by atomic mass is 10.2. The molecule has 78 valence electrons. The van der Waals surface area contributed by atoms with Crippen LogP contribution in [0.2, 0.25) is 0 Å².